The zero-order valence-electron chi connectivity index (χ0n) is 13.1. The summed E-state index contributed by atoms with van der Waals surface area (Å²) >= 11 is 0. The van der Waals surface area contributed by atoms with E-state index in [1.54, 1.807) is 25.1 Å². The van der Waals surface area contributed by atoms with Gasteiger partial charge >= 0.3 is 0 Å². The van der Waals surface area contributed by atoms with Crippen LogP contribution in [0, 0.1) is 6.92 Å². The van der Waals surface area contributed by atoms with Gasteiger partial charge < -0.3 is 15.2 Å². The molecular formula is C14H16N6O4. The molecule has 0 fully saturated rings. The highest BCUT2D eigenvalue weighted by atomic mass is 16.5. The van der Waals surface area contributed by atoms with Gasteiger partial charge in [-0.25, -0.2) is 5.43 Å². The average molecular weight is 332 g/mol. The summed E-state index contributed by atoms with van der Waals surface area (Å²) in [7, 11) is 1.48. The minimum atomic E-state index is -0.598. The van der Waals surface area contributed by atoms with Crippen LogP contribution in [0.25, 0.3) is 0 Å². The highest BCUT2D eigenvalue weighted by Crippen LogP contribution is 2.27. The summed E-state index contributed by atoms with van der Waals surface area (Å²) in [6.45, 7) is 1.28. The third-order valence-corrected chi connectivity index (χ3v) is 2.80. The fraction of sp³-hybridized carbons (Fsp3) is 0.214. The Morgan fingerprint density at radius 1 is 1.42 bits per heavy atom. The van der Waals surface area contributed by atoms with Gasteiger partial charge in [0.05, 0.1) is 13.3 Å². The van der Waals surface area contributed by atoms with Crippen molar-refractivity contribution >= 4 is 18.1 Å². The van der Waals surface area contributed by atoms with E-state index in [1.165, 1.54) is 13.3 Å². The number of rotatable bonds is 7. The Morgan fingerprint density at radius 2 is 2.21 bits per heavy atom. The number of nitrogens with zero attached hydrogens (tertiary/aromatic N) is 3. The molecule has 0 aliphatic carbocycles. The zero-order chi connectivity index (χ0) is 17.5. The van der Waals surface area contributed by atoms with Gasteiger partial charge in [-0.3, -0.25) is 14.6 Å². The van der Waals surface area contributed by atoms with Crippen LogP contribution in [0.1, 0.15) is 11.3 Å². The number of nitrogens with one attached hydrogen (secondary N) is 2. The lowest BCUT2D eigenvalue weighted by atomic mass is 10.2. The van der Waals surface area contributed by atoms with E-state index >= 15 is 0 Å². The van der Waals surface area contributed by atoms with Gasteiger partial charge in [-0.1, -0.05) is 0 Å². The number of carbonyl (C=O) groups is 1. The summed E-state index contributed by atoms with van der Waals surface area (Å²) in [6.07, 6.45) is 1.47. The number of aromatic amines is 1. The van der Waals surface area contributed by atoms with E-state index in [0.29, 0.717) is 17.1 Å². The lowest BCUT2D eigenvalue weighted by molar-refractivity contribution is -0.119. The van der Waals surface area contributed by atoms with E-state index in [0.717, 1.165) is 0 Å². The van der Waals surface area contributed by atoms with Gasteiger partial charge in [0.25, 0.3) is 11.5 Å². The molecule has 0 radical (unpaired) electrons. The van der Waals surface area contributed by atoms with Gasteiger partial charge in [0.1, 0.15) is 5.69 Å². The predicted molar refractivity (Wildman–Crippen MR) is 86.3 cm³/mol. The summed E-state index contributed by atoms with van der Waals surface area (Å²) in [5, 5.41) is 11.3. The smallest absolute Gasteiger partial charge is 0.274 e. The number of hydrazone groups is 1. The largest absolute Gasteiger partial charge is 0.493 e. The van der Waals surface area contributed by atoms with Gasteiger partial charge in [0.2, 0.25) is 5.95 Å². The predicted octanol–water partition coefficient (Wildman–Crippen LogP) is -0.208. The van der Waals surface area contributed by atoms with E-state index < -0.39 is 5.91 Å². The number of aryl methyl sites for hydroxylation is 1. The van der Waals surface area contributed by atoms with Crippen molar-refractivity contribution in [2.45, 2.75) is 6.92 Å². The minimum Gasteiger partial charge on any atom is -0.493 e. The second-order valence-electron chi connectivity index (χ2n) is 4.62. The molecule has 1 heterocycles. The van der Waals surface area contributed by atoms with Gasteiger partial charge in [-0.15, -0.1) is 10.2 Å². The maximum absolute atomic E-state index is 11.4. The first-order valence-electron chi connectivity index (χ1n) is 6.81. The van der Waals surface area contributed by atoms with Gasteiger partial charge in [0, 0.05) is 0 Å². The number of nitrogens with two attached hydrogens (primary N) is 1. The van der Waals surface area contributed by atoms with Crippen LogP contribution in [-0.4, -0.2) is 41.0 Å². The van der Waals surface area contributed by atoms with Crippen molar-refractivity contribution in [1.82, 2.24) is 15.2 Å². The second kappa shape index (κ2) is 7.72. The molecule has 1 aromatic heterocycles. The molecule has 0 spiro atoms. The third-order valence-electron chi connectivity index (χ3n) is 2.80. The van der Waals surface area contributed by atoms with E-state index in [9.17, 15) is 9.59 Å². The van der Waals surface area contributed by atoms with Crippen molar-refractivity contribution in [3.63, 3.8) is 0 Å². The van der Waals surface area contributed by atoms with Crippen LogP contribution in [0.3, 0.4) is 0 Å². The molecule has 0 aliphatic heterocycles. The monoisotopic (exact) mass is 332 g/mol. The molecule has 0 bridgehead atoms. The third kappa shape index (κ3) is 4.53. The Balaban J connectivity index is 2.10. The van der Waals surface area contributed by atoms with Crippen LogP contribution in [0.2, 0.25) is 0 Å². The molecule has 4 N–H and O–H groups in total. The van der Waals surface area contributed by atoms with Crippen molar-refractivity contribution in [1.29, 1.82) is 0 Å². The topological polar surface area (TPSA) is 145 Å². The van der Waals surface area contributed by atoms with Crippen molar-refractivity contribution in [2.75, 3.05) is 19.1 Å². The number of H-pyrrole nitrogens is 1. The fourth-order valence-corrected chi connectivity index (χ4v) is 1.65. The number of anilines is 1. The Kier molecular flexibility index (Phi) is 5.45. The number of benzene rings is 1. The number of hydrogen-bond donors (Lipinski definition) is 3. The Morgan fingerprint density at radius 3 is 2.88 bits per heavy atom. The molecule has 0 atom stereocenters. The molecule has 1 aromatic carbocycles. The SMILES string of the molecule is COc1ccc(/C=N/Nc2nnc(C)c(=O)[nH]2)cc1OCC(N)=O. The number of amides is 1. The number of ether oxygens (including phenoxy) is 2. The number of methoxy groups -OCH3 is 1. The van der Waals surface area contributed by atoms with Crippen molar-refractivity contribution in [2.24, 2.45) is 10.8 Å². The molecule has 10 nitrogen and oxygen atoms in total. The molecule has 0 saturated heterocycles. The number of aromatic nitrogens is 3. The van der Waals surface area contributed by atoms with Crippen molar-refractivity contribution in [3.8, 4) is 11.5 Å². The first-order chi connectivity index (χ1) is 11.5. The molecule has 1 amide bonds. The quantitative estimate of drug-likeness (QED) is 0.470. The molecule has 2 aromatic rings. The second-order valence-corrected chi connectivity index (χ2v) is 4.62. The molecule has 126 valence electrons. The van der Waals surface area contributed by atoms with Crippen LogP contribution < -0.4 is 26.2 Å². The maximum atomic E-state index is 11.4. The lowest BCUT2D eigenvalue weighted by Crippen LogP contribution is -2.20. The molecule has 10 heteroatoms. The van der Waals surface area contributed by atoms with E-state index in [1.807, 2.05) is 0 Å². The van der Waals surface area contributed by atoms with E-state index in [-0.39, 0.29) is 23.8 Å². The van der Waals surface area contributed by atoms with E-state index in [2.05, 4.69) is 25.7 Å². The maximum Gasteiger partial charge on any atom is 0.274 e. The molecule has 2 rings (SSSR count). The Hall–Kier alpha value is -3.43. The summed E-state index contributed by atoms with van der Waals surface area (Å²) < 4.78 is 10.4. The van der Waals surface area contributed by atoms with Gasteiger partial charge in [-0.2, -0.15) is 5.10 Å². The summed E-state index contributed by atoms with van der Waals surface area (Å²) in [4.78, 5) is 24.7. The number of carbonyl (C=O) groups excluding carboxylic acids is 1. The van der Waals surface area contributed by atoms with Crippen LogP contribution in [0.4, 0.5) is 5.95 Å². The average Bonchev–Trinajstić information content (AvgIpc) is 2.56. The Bertz CT molecular complexity index is 817. The van der Waals surface area contributed by atoms with Crippen LogP contribution in [0.15, 0.2) is 28.1 Å². The molecular weight excluding hydrogens is 316 g/mol. The van der Waals surface area contributed by atoms with Gasteiger partial charge in [-0.05, 0) is 30.7 Å². The normalized spacial score (nSPS) is 10.6. The van der Waals surface area contributed by atoms with Crippen molar-refractivity contribution in [3.05, 3.63) is 39.8 Å². The van der Waals surface area contributed by atoms with Crippen LogP contribution in [-0.2, 0) is 4.79 Å². The molecule has 24 heavy (non-hydrogen) atoms. The standard InChI is InChI=1S/C14H16N6O4/c1-8-13(22)17-14(20-18-8)19-16-6-9-3-4-10(23-2)11(5-9)24-7-12(15)21/h3-6H,7H2,1-2H3,(H2,15,21)(H2,17,19,20,22)/b16-6+. The zero-order valence-corrected chi connectivity index (χ0v) is 13.1. The van der Waals surface area contributed by atoms with Crippen molar-refractivity contribution < 1.29 is 14.3 Å². The van der Waals surface area contributed by atoms with E-state index in [4.69, 9.17) is 15.2 Å². The summed E-state index contributed by atoms with van der Waals surface area (Å²) in [5.41, 5.74) is 8.17. The van der Waals surface area contributed by atoms with Crippen LogP contribution >= 0.6 is 0 Å². The minimum absolute atomic E-state index is 0.112. The number of primary amides is 1. The Labute approximate surface area is 136 Å². The highest BCUT2D eigenvalue weighted by Gasteiger charge is 2.06. The summed E-state index contributed by atoms with van der Waals surface area (Å²) in [5.74, 6) is 0.319. The molecule has 0 aliphatic rings. The first kappa shape index (κ1) is 16.9. The fourth-order valence-electron chi connectivity index (χ4n) is 1.65. The molecule has 0 saturated carbocycles. The molecule has 0 unspecified atom stereocenters. The summed E-state index contributed by atoms with van der Waals surface area (Å²) in [6, 6.07) is 5.01. The van der Waals surface area contributed by atoms with Gasteiger partial charge in [0.15, 0.2) is 18.1 Å². The lowest BCUT2D eigenvalue weighted by Gasteiger charge is -2.09. The first-order valence-corrected chi connectivity index (χ1v) is 6.81. The van der Waals surface area contributed by atoms with Crippen LogP contribution in [0.5, 0.6) is 11.5 Å². The highest BCUT2D eigenvalue weighted by molar-refractivity contribution is 5.81. The number of hydrogen-bond acceptors (Lipinski definition) is 8.